The molecule has 0 N–H and O–H groups in total. The Morgan fingerprint density at radius 2 is 1.47 bits per heavy atom. The van der Waals surface area contributed by atoms with Gasteiger partial charge in [0.1, 0.15) is 12.2 Å². The van der Waals surface area contributed by atoms with E-state index < -0.39 is 0 Å². The number of hydrogen-bond acceptors (Lipinski definition) is 0. The third-order valence-corrected chi connectivity index (χ3v) is 3.20. The van der Waals surface area contributed by atoms with Gasteiger partial charge < -0.3 is 0 Å². The molecule has 2 rings (SSSR count). The van der Waals surface area contributed by atoms with Crippen molar-refractivity contribution in [3.63, 3.8) is 0 Å². The summed E-state index contributed by atoms with van der Waals surface area (Å²) in [5.74, 6) is 0. The van der Waals surface area contributed by atoms with Gasteiger partial charge in [0.25, 0.3) is 0 Å². The molecule has 0 fully saturated rings. The highest BCUT2D eigenvalue weighted by Crippen LogP contribution is 2.22. The molecule has 0 saturated carbocycles. The summed E-state index contributed by atoms with van der Waals surface area (Å²) >= 11 is 5.89. The lowest BCUT2D eigenvalue weighted by molar-refractivity contribution is 0.392. The molecule has 0 aliphatic heterocycles. The lowest BCUT2D eigenvalue weighted by atomic mass is 10.1. The molecule has 0 amide bonds. The molecule has 0 saturated heterocycles. The first-order valence-electron chi connectivity index (χ1n) is 5.71. The molecule has 0 heterocycles. The summed E-state index contributed by atoms with van der Waals surface area (Å²) in [6.07, 6.45) is 0. The van der Waals surface area contributed by atoms with Crippen LogP contribution in [-0.4, -0.2) is 14.1 Å². The van der Waals surface area contributed by atoms with E-state index in [1.54, 1.807) is 0 Å². The number of hydrogen-bond donors (Lipinski definition) is 0. The van der Waals surface area contributed by atoms with E-state index in [1.165, 1.54) is 11.3 Å². The Hall–Kier alpha value is -1.31. The van der Waals surface area contributed by atoms with E-state index in [1.807, 2.05) is 18.2 Å². The van der Waals surface area contributed by atoms with Crippen molar-refractivity contribution >= 4 is 17.3 Å². The molecule has 0 spiro atoms. The first-order valence-corrected chi connectivity index (χ1v) is 6.09. The van der Waals surface area contributed by atoms with Crippen LogP contribution >= 0.6 is 11.6 Å². The summed E-state index contributed by atoms with van der Waals surface area (Å²) in [6, 6.07) is 18.6. The molecule has 0 atom stereocenters. The second-order valence-corrected chi connectivity index (χ2v) is 5.24. The minimum absolute atomic E-state index is 0.791. The van der Waals surface area contributed by atoms with Gasteiger partial charge in [-0.1, -0.05) is 41.9 Å². The SMILES string of the molecule is C[N+](C)(Cc1ccc(Cl)cc1)c1ccccc1. The van der Waals surface area contributed by atoms with Crippen LogP contribution in [0.25, 0.3) is 0 Å². The van der Waals surface area contributed by atoms with Crippen LogP contribution in [0, 0.1) is 0 Å². The van der Waals surface area contributed by atoms with Crippen LogP contribution in [0.15, 0.2) is 54.6 Å². The Labute approximate surface area is 108 Å². The van der Waals surface area contributed by atoms with Crippen LogP contribution in [0.3, 0.4) is 0 Å². The molecule has 0 bridgehead atoms. The van der Waals surface area contributed by atoms with Gasteiger partial charge in [0.15, 0.2) is 0 Å². The number of halogens is 1. The van der Waals surface area contributed by atoms with Gasteiger partial charge in [-0.25, -0.2) is 0 Å². The third-order valence-electron chi connectivity index (χ3n) is 2.95. The molecule has 17 heavy (non-hydrogen) atoms. The van der Waals surface area contributed by atoms with E-state index in [9.17, 15) is 0 Å². The van der Waals surface area contributed by atoms with Gasteiger partial charge in [0.05, 0.1) is 14.1 Å². The predicted octanol–water partition coefficient (Wildman–Crippen LogP) is 4.11. The lowest BCUT2D eigenvalue weighted by Crippen LogP contribution is -2.39. The summed E-state index contributed by atoms with van der Waals surface area (Å²) in [4.78, 5) is 0. The quantitative estimate of drug-likeness (QED) is 0.715. The second-order valence-electron chi connectivity index (χ2n) is 4.81. The van der Waals surface area contributed by atoms with Crippen molar-refractivity contribution in [1.29, 1.82) is 0 Å². The molecule has 0 aliphatic carbocycles. The fraction of sp³-hybridized carbons (Fsp3) is 0.200. The Bertz CT molecular complexity index is 474. The molecular formula is C15H17ClN+. The number of nitrogens with zero attached hydrogens (tertiary/aromatic N) is 1. The topological polar surface area (TPSA) is 0 Å². The zero-order valence-corrected chi connectivity index (χ0v) is 11.0. The Morgan fingerprint density at radius 1 is 0.882 bits per heavy atom. The fourth-order valence-corrected chi connectivity index (χ4v) is 2.10. The zero-order chi connectivity index (χ0) is 12.3. The van der Waals surface area contributed by atoms with Gasteiger partial charge in [0, 0.05) is 10.6 Å². The highest BCUT2D eigenvalue weighted by molar-refractivity contribution is 6.30. The van der Waals surface area contributed by atoms with E-state index in [2.05, 4.69) is 50.5 Å². The Balaban J connectivity index is 2.20. The van der Waals surface area contributed by atoms with E-state index in [0.717, 1.165) is 16.1 Å². The van der Waals surface area contributed by atoms with E-state index >= 15 is 0 Å². The van der Waals surface area contributed by atoms with Crippen molar-refractivity contribution in [2.24, 2.45) is 0 Å². The molecule has 0 aliphatic rings. The molecule has 0 unspecified atom stereocenters. The van der Waals surface area contributed by atoms with E-state index in [-0.39, 0.29) is 0 Å². The van der Waals surface area contributed by atoms with Gasteiger partial charge in [0.2, 0.25) is 0 Å². The average Bonchev–Trinajstić information content (AvgIpc) is 2.33. The first kappa shape index (κ1) is 12.2. The molecule has 0 radical (unpaired) electrons. The molecule has 1 nitrogen and oxygen atoms in total. The monoisotopic (exact) mass is 246 g/mol. The van der Waals surface area contributed by atoms with Crippen molar-refractivity contribution in [1.82, 2.24) is 4.48 Å². The van der Waals surface area contributed by atoms with Gasteiger partial charge in [-0.15, -0.1) is 0 Å². The van der Waals surface area contributed by atoms with Crippen molar-refractivity contribution < 1.29 is 0 Å². The summed E-state index contributed by atoms with van der Waals surface area (Å²) in [5.41, 5.74) is 2.60. The van der Waals surface area contributed by atoms with Crippen LogP contribution in [0.2, 0.25) is 5.02 Å². The summed E-state index contributed by atoms with van der Waals surface area (Å²) in [6.45, 7) is 0.960. The van der Waals surface area contributed by atoms with Crippen LogP contribution < -0.4 is 4.48 Å². The normalized spacial score (nSPS) is 11.5. The zero-order valence-electron chi connectivity index (χ0n) is 10.2. The minimum Gasteiger partial charge on any atom is -0.292 e. The largest absolute Gasteiger partial charge is 0.292 e. The van der Waals surface area contributed by atoms with Gasteiger partial charge in [-0.3, -0.25) is 4.48 Å². The number of para-hydroxylation sites is 1. The summed E-state index contributed by atoms with van der Waals surface area (Å²) in [5, 5.41) is 0.791. The van der Waals surface area contributed by atoms with Crippen molar-refractivity contribution in [3.05, 3.63) is 65.2 Å². The summed E-state index contributed by atoms with van der Waals surface area (Å²) < 4.78 is 0.836. The summed E-state index contributed by atoms with van der Waals surface area (Å²) in [7, 11) is 4.42. The van der Waals surface area contributed by atoms with Crippen molar-refractivity contribution in [2.75, 3.05) is 14.1 Å². The maximum atomic E-state index is 5.89. The van der Waals surface area contributed by atoms with Crippen LogP contribution in [0.1, 0.15) is 5.56 Å². The lowest BCUT2D eigenvalue weighted by Gasteiger charge is -2.29. The third kappa shape index (κ3) is 3.09. The van der Waals surface area contributed by atoms with Gasteiger partial charge >= 0.3 is 0 Å². The second kappa shape index (κ2) is 4.91. The number of benzene rings is 2. The van der Waals surface area contributed by atoms with Gasteiger partial charge in [-0.05, 0) is 24.3 Å². The highest BCUT2D eigenvalue weighted by atomic mass is 35.5. The number of quaternary nitrogens is 1. The number of rotatable bonds is 3. The maximum Gasteiger partial charge on any atom is 0.132 e. The predicted molar refractivity (Wildman–Crippen MR) is 75.2 cm³/mol. The van der Waals surface area contributed by atoms with Crippen LogP contribution in [0.4, 0.5) is 5.69 Å². The Morgan fingerprint density at radius 3 is 2.06 bits per heavy atom. The van der Waals surface area contributed by atoms with Gasteiger partial charge in [-0.2, -0.15) is 0 Å². The van der Waals surface area contributed by atoms with Crippen molar-refractivity contribution in [2.45, 2.75) is 6.54 Å². The maximum absolute atomic E-state index is 5.89. The molecule has 2 heteroatoms. The van der Waals surface area contributed by atoms with Crippen molar-refractivity contribution in [3.8, 4) is 0 Å². The van der Waals surface area contributed by atoms with E-state index in [0.29, 0.717) is 0 Å². The van der Waals surface area contributed by atoms with Crippen LogP contribution in [-0.2, 0) is 6.54 Å². The molecule has 2 aromatic carbocycles. The highest BCUT2D eigenvalue weighted by Gasteiger charge is 2.18. The van der Waals surface area contributed by atoms with E-state index in [4.69, 9.17) is 11.6 Å². The molecular weight excluding hydrogens is 230 g/mol. The molecule has 88 valence electrons. The first-order chi connectivity index (χ1) is 8.08. The molecule has 2 aromatic rings. The minimum atomic E-state index is 0.791. The van der Waals surface area contributed by atoms with Crippen LogP contribution in [0.5, 0.6) is 0 Å². The fourth-order valence-electron chi connectivity index (χ4n) is 1.97. The average molecular weight is 247 g/mol. The smallest absolute Gasteiger partial charge is 0.132 e. The standard InChI is InChI=1S/C15H17ClN/c1-17(2,15-6-4-3-5-7-15)12-13-8-10-14(16)11-9-13/h3-11H,12H2,1-2H3/q+1. The Kier molecular flexibility index (Phi) is 3.51. The molecule has 0 aromatic heterocycles.